The number of thioether (sulfide) groups is 1. The SMILES string of the molecule is CC(C)N(CCNCCCSc1ccccc1)C1CCCCC1. The fourth-order valence-electron chi connectivity index (χ4n) is 3.51. The van der Waals surface area contributed by atoms with Gasteiger partial charge in [0.05, 0.1) is 0 Å². The third-order valence-electron chi connectivity index (χ3n) is 4.76. The van der Waals surface area contributed by atoms with Gasteiger partial charge in [-0.05, 0) is 57.5 Å². The molecule has 1 aromatic carbocycles. The fourth-order valence-corrected chi connectivity index (χ4v) is 4.39. The maximum atomic E-state index is 3.64. The number of hydrogen-bond acceptors (Lipinski definition) is 3. The lowest BCUT2D eigenvalue weighted by Gasteiger charge is -2.37. The molecule has 1 saturated carbocycles. The lowest BCUT2D eigenvalue weighted by atomic mass is 9.93. The maximum absolute atomic E-state index is 3.64. The van der Waals surface area contributed by atoms with Gasteiger partial charge < -0.3 is 5.32 Å². The highest BCUT2D eigenvalue weighted by atomic mass is 32.2. The Bertz CT molecular complexity index is 401. The topological polar surface area (TPSA) is 15.3 Å². The third-order valence-corrected chi connectivity index (χ3v) is 5.86. The predicted octanol–water partition coefficient (Wildman–Crippen LogP) is 4.80. The first kappa shape index (κ1) is 18.8. The summed E-state index contributed by atoms with van der Waals surface area (Å²) in [6.07, 6.45) is 8.36. The van der Waals surface area contributed by atoms with E-state index in [2.05, 4.69) is 54.4 Å². The Hall–Kier alpha value is -0.510. The third kappa shape index (κ3) is 7.28. The monoisotopic (exact) mass is 334 g/mol. The smallest absolute Gasteiger partial charge is 0.0112 e. The summed E-state index contributed by atoms with van der Waals surface area (Å²) in [7, 11) is 0. The first-order valence-corrected chi connectivity index (χ1v) is 10.4. The highest BCUT2D eigenvalue weighted by Crippen LogP contribution is 2.23. The Labute approximate surface area is 147 Å². The summed E-state index contributed by atoms with van der Waals surface area (Å²) in [5.74, 6) is 1.20. The zero-order valence-electron chi connectivity index (χ0n) is 15.0. The molecule has 0 amide bonds. The van der Waals surface area contributed by atoms with Crippen molar-refractivity contribution in [3.05, 3.63) is 30.3 Å². The van der Waals surface area contributed by atoms with Crippen molar-refractivity contribution in [3.8, 4) is 0 Å². The molecule has 0 aromatic heterocycles. The summed E-state index contributed by atoms with van der Waals surface area (Å²) in [4.78, 5) is 4.11. The van der Waals surface area contributed by atoms with Crippen LogP contribution in [0, 0.1) is 0 Å². The van der Waals surface area contributed by atoms with E-state index >= 15 is 0 Å². The van der Waals surface area contributed by atoms with Crippen molar-refractivity contribution in [1.29, 1.82) is 0 Å². The van der Waals surface area contributed by atoms with Crippen molar-refractivity contribution in [2.45, 2.75) is 69.4 Å². The molecule has 0 bridgehead atoms. The minimum absolute atomic E-state index is 0.675. The van der Waals surface area contributed by atoms with Gasteiger partial charge >= 0.3 is 0 Å². The molecule has 23 heavy (non-hydrogen) atoms. The number of rotatable bonds is 10. The normalized spacial score (nSPS) is 16.3. The first-order chi connectivity index (χ1) is 11.3. The average molecular weight is 335 g/mol. The van der Waals surface area contributed by atoms with Crippen LogP contribution in [0.15, 0.2) is 35.2 Å². The van der Waals surface area contributed by atoms with Gasteiger partial charge in [0.15, 0.2) is 0 Å². The molecule has 0 atom stereocenters. The van der Waals surface area contributed by atoms with Gasteiger partial charge in [0.1, 0.15) is 0 Å². The summed E-state index contributed by atoms with van der Waals surface area (Å²) in [5.41, 5.74) is 0. The summed E-state index contributed by atoms with van der Waals surface area (Å²) >= 11 is 1.96. The van der Waals surface area contributed by atoms with Crippen molar-refractivity contribution in [2.75, 3.05) is 25.4 Å². The molecular formula is C20H34N2S. The largest absolute Gasteiger partial charge is 0.315 e. The summed E-state index contributed by atoms with van der Waals surface area (Å²) < 4.78 is 0. The number of nitrogens with one attached hydrogen (secondary N) is 1. The highest BCUT2D eigenvalue weighted by molar-refractivity contribution is 7.99. The van der Waals surface area contributed by atoms with E-state index in [0.29, 0.717) is 6.04 Å². The van der Waals surface area contributed by atoms with E-state index in [4.69, 9.17) is 0 Å². The summed E-state index contributed by atoms with van der Waals surface area (Å²) in [6, 6.07) is 12.2. The van der Waals surface area contributed by atoms with Crippen molar-refractivity contribution in [3.63, 3.8) is 0 Å². The number of hydrogen-bond donors (Lipinski definition) is 1. The van der Waals surface area contributed by atoms with Crippen LogP contribution in [-0.2, 0) is 0 Å². The van der Waals surface area contributed by atoms with Crippen molar-refractivity contribution in [2.24, 2.45) is 0 Å². The molecule has 130 valence electrons. The van der Waals surface area contributed by atoms with E-state index in [1.807, 2.05) is 11.8 Å². The maximum Gasteiger partial charge on any atom is 0.0112 e. The van der Waals surface area contributed by atoms with Gasteiger partial charge in [-0.15, -0.1) is 11.8 Å². The predicted molar refractivity (Wildman–Crippen MR) is 103 cm³/mol. The molecule has 2 nitrogen and oxygen atoms in total. The first-order valence-electron chi connectivity index (χ1n) is 9.41. The van der Waals surface area contributed by atoms with Gasteiger partial charge in [-0.3, -0.25) is 4.90 Å². The van der Waals surface area contributed by atoms with Crippen LogP contribution in [0.25, 0.3) is 0 Å². The van der Waals surface area contributed by atoms with E-state index in [1.165, 1.54) is 55.7 Å². The van der Waals surface area contributed by atoms with Crippen LogP contribution < -0.4 is 5.32 Å². The Balaban J connectivity index is 1.54. The van der Waals surface area contributed by atoms with E-state index in [0.717, 1.165) is 19.1 Å². The molecular weight excluding hydrogens is 300 g/mol. The Morgan fingerprint density at radius 3 is 2.52 bits per heavy atom. The van der Waals surface area contributed by atoms with Gasteiger partial charge in [0.25, 0.3) is 0 Å². The van der Waals surface area contributed by atoms with Crippen LogP contribution >= 0.6 is 11.8 Å². The van der Waals surface area contributed by atoms with Crippen LogP contribution in [0.2, 0.25) is 0 Å². The van der Waals surface area contributed by atoms with Gasteiger partial charge in [0, 0.05) is 30.1 Å². The van der Waals surface area contributed by atoms with E-state index in [-0.39, 0.29) is 0 Å². The summed E-state index contributed by atoms with van der Waals surface area (Å²) in [5, 5.41) is 3.64. The van der Waals surface area contributed by atoms with Crippen LogP contribution in [0.4, 0.5) is 0 Å². The molecule has 0 radical (unpaired) electrons. The van der Waals surface area contributed by atoms with Gasteiger partial charge in [-0.2, -0.15) is 0 Å². The second kappa shape index (κ2) is 11.1. The molecule has 2 rings (SSSR count). The Kier molecular flexibility index (Phi) is 9.10. The minimum atomic E-state index is 0.675. The van der Waals surface area contributed by atoms with Gasteiger partial charge in [0.2, 0.25) is 0 Å². The van der Waals surface area contributed by atoms with Crippen molar-refractivity contribution >= 4 is 11.8 Å². The van der Waals surface area contributed by atoms with Gasteiger partial charge in [-0.1, -0.05) is 37.5 Å². The molecule has 1 aromatic rings. The fraction of sp³-hybridized carbons (Fsp3) is 0.700. The lowest BCUT2D eigenvalue weighted by Crippen LogP contribution is -2.45. The number of benzene rings is 1. The zero-order chi connectivity index (χ0) is 16.3. The Morgan fingerprint density at radius 1 is 1.09 bits per heavy atom. The average Bonchev–Trinajstić information content (AvgIpc) is 2.58. The van der Waals surface area contributed by atoms with Crippen molar-refractivity contribution in [1.82, 2.24) is 10.2 Å². The number of nitrogens with zero attached hydrogens (tertiary/aromatic N) is 1. The van der Waals surface area contributed by atoms with Gasteiger partial charge in [-0.25, -0.2) is 0 Å². The standard InChI is InChI=1S/C20H34N2S/c1-18(2)22(19-10-5-3-6-11-19)16-15-21-14-9-17-23-20-12-7-4-8-13-20/h4,7-8,12-13,18-19,21H,3,5-6,9-11,14-17H2,1-2H3. The van der Waals surface area contributed by atoms with Crippen molar-refractivity contribution < 1.29 is 0 Å². The molecule has 1 N–H and O–H groups in total. The van der Waals surface area contributed by atoms with E-state index < -0.39 is 0 Å². The Morgan fingerprint density at radius 2 is 1.83 bits per heavy atom. The van der Waals surface area contributed by atoms with Crippen LogP contribution in [0.3, 0.4) is 0 Å². The highest BCUT2D eigenvalue weighted by Gasteiger charge is 2.22. The second-order valence-corrected chi connectivity index (χ2v) is 8.06. The molecule has 0 aliphatic heterocycles. The molecule has 1 aliphatic carbocycles. The lowest BCUT2D eigenvalue weighted by molar-refractivity contribution is 0.121. The molecule has 3 heteroatoms. The molecule has 0 heterocycles. The minimum Gasteiger partial charge on any atom is -0.315 e. The molecule has 1 aliphatic rings. The molecule has 0 saturated heterocycles. The summed E-state index contributed by atoms with van der Waals surface area (Å²) in [6.45, 7) is 8.17. The van der Waals surface area contributed by atoms with Crippen LogP contribution in [0.1, 0.15) is 52.4 Å². The molecule has 0 unspecified atom stereocenters. The molecule has 1 fully saturated rings. The van der Waals surface area contributed by atoms with Crippen LogP contribution in [-0.4, -0.2) is 42.4 Å². The molecule has 0 spiro atoms. The van der Waals surface area contributed by atoms with Crippen LogP contribution in [0.5, 0.6) is 0 Å². The van der Waals surface area contributed by atoms with E-state index in [1.54, 1.807) is 0 Å². The quantitative estimate of drug-likeness (QED) is 0.489. The second-order valence-electron chi connectivity index (χ2n) is 6.89. The van der Waals surface area contributed by atoms with E-state index in [9.17, 15) is 0 Å². The zero-order valence-corrected chi connectivity index (χ0v) is 15.8.